The van der Waals surface area contributed by atoms with Crippen LogP contribution < -0.4 is 15.4 Å². The molecule has 1 aliphatic rings. The first-order valence-electron chi connectivity index (χ1n) is 6.61. The van der Waals surface area contributed by atoms with E-state index in [1.54, 1.807) is 6.07 Å². The van der Waals surface area contributed by atoms with Gasteiger partial charge < -0.3 is 15.4 Å². The van der Waals surface area contributed by atoms with Gasteiger partial charge in [0.1, 0.15) is 4.21 Å². The number of carbonyl (C=O) groups excluding carboxylic acids is 1. The fourth-order valence-electron chi connectivity index (χ4n) is 1.93. The van der Waals surface area contributed by atoms with Gasteiger partial charge in [-0.1, -0.05) is 0 Å². The summed E-state index contributed by atoms with van der Waals surface area (Å²) in [6, 6.07) is 3.29. The van der Waals surface area contributed by atoms with Gasteiger partial charge in [-0.2, -0.15) is 0 Å². The van der Waals surface area contributed by atoms with Crippen molar-refractivity contribution < 1.29 is 17.9 Å². The minimum atomic E-state index is -3.41. The molecule has 1 aromatic heterocycles. The molecule has 3 N–H and O–H groups in total. The van der Waals surface area contributed by atoms with E-state index in [0.717, 1.165) is 22.8 Å². The molecule has 1 amide bonds. The molecule has 2 heterocycles. The fraction of sp³-hybridized carbons (Fsp3) is 0.583. The Morgan fingerprint density at radius 2 is 2.33 bits per heavy atom. The summed E-state index contributed by atoms with van der Waals surface area (Å²) in [6.45, 7) is 2.30. The van der Waals surface area contributed by atoms with Gasteiger partial charge in [-0.25, -0.2) is 13.1 Å². The van der Waals surface area contributed by atoms with Crippen molar-refractivity contribution in [3.8, 4) is 0 Å². The molecular weight excluding hydrogens is 314 g/mol. The predicted molar refractivity (Wildman–Crippen MR) is 79.6 cm³/mol. The summed E-state index contributed by atoms with van der Waals surface area (Å²) in [6.07, 6.45) is 0.354. The zero-order valence-electron chi connectivity index (χ0n) is 11.7. The van der Waals surface area contributed by atoms with Crippen LogP contribution >= 0.6 is 11.3 Å². The molecule has 2 rings (SSSR count). The number of ether oxygens (including phenoxy) is 1. The van der Waals surface area contributed by atoms with E-state index in [1.807, 2.05) is 0 Å². The molecule has 118 valence electrons. The molecule has 0 aromatic carbocycles. The average Bonchev–Trinajstić information content (AvgIpc) is 2.96. The highest BCUT2D eigenvalue weighted by Gasteiger charge is 2.17. The van der Waals surface area contributed by atoms with Crippen LogP contribution in [0.5, 0.6) is 0 Å². The van der Waals surface area contributed by atoms with Crippen molar-refractivity contribution in [2.24, 2.45) is 0 Å². The second-order valence-electron chi connectivity index (χ2n) is 4.64. The number of rotatable bonds is 6. The average molecular weight is 333 g/mol. The van der Waals surface area contributed by atoms with Crippen LogP contribution in [0.15, 0.2) is 16.3 Å². The zero-order chi connectivity index (χ0) is 15.3. The van der Waals surface area contributed by atoms with Gasteiger partial charge in [0, 0.05) is 23.9 Å². The zero-order valence-corrected chi connectivity index (χ0v) is 13.4. The summed E-state index contributed by atoms with van der Waals surface area (Å²) in [5.74, 6) is -0.0792. The molecule has 0 bridgehead atoms. The Balaban J connectivity index is 1.81. The molecule has 9 heteroatoms. The monoisotopic (exact) mass is 333 g/mol. The first-order valence-corrected chi connectivity index (χ1v) is 8.91. The van der Waals surface area contributed by atoms with Crippen LogP contribution in [0.25, 0.3) is 0 Å². The van der Waals surface area contributed by atoms with Gasteiger partial charge in [0.2, 0.25) is 15.9 Å². The Morgan fingerprint density at radius 1 is 1.52 bits per heavy atom. The summed E-state index contributed by atoms with van der Waals surface area (Å²) in [7, 11) is -2.04. The molecule has 1 atom stereocenters. The number of morpholine rings is 1. The van der Waals surface area contributed by atoms with Gasteiger partial charge in [-0.3, -0.25) is 4.79 Å². The van der Waals surface area contributed by atoms with E-state index in [4.69, 9.17) is 4.74 Å². The molecule has 1 saturated heterocycles. The second kappa shape index (κ2) is 7.32. The summed E-state index contributed by atoms with van der Waals surface area (Å²) in [5, 5.41) is 6.00. The molecule has 1 aliphatic heterocycles. The van der Waals surface area contributed by atoms with Crippen molar-refractivity contribution in [2.75, 3.05) is 26.8 Å². The minimum Gasteiger partial charge on any atom is -0.378 e. The lowest BCUT2D eigenvalue weighted by molar-refractivity contribution is -0.122. The number of hydrogen-bond donors (Lipinski definition) is 3. The molecular formula is C12H19N3O4S2. The highest BCUT2D eigenvalue weighted by atomic mass is 32.2. The first-order chi connectivity index (χ1) is 10.0. The highest BCUT2D eigenvalue weighted by molar-refractivity contribution is 7.91. The van der Waals surface area contributed by atoms with Crippen LogP contribution in [0.4, 0.5) is 0 Å². The highest BCUT2D eigenvalue weighted by Crippen LogP contribution is 2.21. The van der Waals surface area contributed by atoms with Gasteiger partial charge >= 0.3 is 0 Å². The third-order valence-electron chi connectivity index (χ3n) is 3.06. The van der Waals surface area contributed by atoms with E-state index in [2.05, 4.69) is 15.4 Å². The molecule has 7 nitrogen and oxygen atoms in total. The SMILES string of the molecule is CNS(=O)(=O)c1ccc(CNC(=O)CC2COCCN2)s1. The van der Waals surface area contributed by atoms with Crippen molar-refractivity contribution >= 4 is 27.3 Å². The Kier molecular flexibility index (Phi) is 5.71. The van der Waals surface area contributed by atoms with Gasteiger partial charge in [0.25, 0.3) is 0 Å². The van der Waals surface area contributed by atoms with Crippen LogP contribution in [-0.4, -0.2) is 47.2 Å². The number of hydrogen-bond acceptors (Lipinski definition) is 6. The first kappa shape index (κ1) is 16.4. The summed E-state index contributed by atoms with van der Waals surface area (Å²) in [5.41, 5.74) is 0. The van der Waals surface area contributed by atoms with Crippen LogP contribution in [0.1, 0.15) is 11.3 Å². The van der Waals surface area contributed by atoms with Crippen molar-refractivity contribution in [3.05, 3.63) is 17.0 Å². The molecule has 0 saturated carbocycles. The Morgan fingerprint density at radius 3 is 3.00 bits per heavy atom. The van der Waals surface area contributed by atoms with Gasteiger partial charge in [-0.15, -0.1) is 11.3 Å². The van der Waals surface area contributed by atoms with E-state index in [9.17, 15) is 13.2 Å². The van der Waals surface area contributed by atoms with Crippen LogP contribution in [0, 0.1) is 0 Å². The quantitative estimate of drug-likeness (QED) is 0.661. The number of carbonyl (C=O) groups is 1. The van der Waals surface area contributed by atoms with E-state index < -0.39 is 10.0 Å². The van der Waals surface area contributed by atoms with Crippen LogP contribution in [-0.2, 0) is 26.1 Å². The van der Waals surface area contributed by atoms with Crippen molar-refractivity contribution in [1.82, 2.24) is 15.4 Å². The standard InChI is InChI=1S/C12H19N3O4S2/c1-13-21(17,18)12-3-2-10(20-12)7-15-11(16)6-9-8-19-5-4-14-9/h2-3,9,13-14H,4-8H2,1H3,(H,15,16). The molecule has 0 aliphatic carbocycles. The number of thiophene rings is 1. The van der Waals surface area contributed by atoms with Crippen molar-refractivity contribution in [1.29, 1.82) is 0 Å². The maximum atomic E-state index is 11.8. The van der Waals surface area contributed by atoms with E-state index in [1.165, 1.54) is 13.1 Å². The van der Waals surface area contributed by atoms with Gasteiger partial charge in [-0.05, 0) is 19.2 Å². The minimum absolute atomic E-state index is 0.0438. The summed E-state index contributed by atoms with van der Waals surface area (Å²) >= 11 is 1.15. The smallest absolute Gasteiger partial charge is 0.249 e. The number of sulfonamides is 1. The van der Waals surface area contributed by atoms with Crippen molar-refractivity contribution in [2.45, 2.75) is 23.2 Å². The largest absolute Gasteiger partial charge is 0.378 e. The summed E-state index contributed by atoms with van der Waals surface area (Å²) in [4.78, 5) is 12.6. The Labute approximate surface area is 128 Å². The molecule has 0 spiro atoms. The van der Waals surface area contributed by atoms with E-state index in [-0.39, 0.29) is 16.2 Å². The predicted octanol–water partition coefficient (Wildman–Crippen LogP) is -0.349. The summed E-state index contributed by atoms with van der Waals surface area (Å²) < 4.78 is 31.0. The van der Waals surface area contributed by atoms with Crippen molar-refractivity contribution in [3.63, 3.8) is 0 Å². The lowest BCUT2D eigenvalue weighted by atomic mass is 10.2. The molecule has 1 fully saturated rings. The molecule has 1 unspecified atom stereocenters. The fourth-order valence-corrected chi connectivity index (χ4v) is 4.06. The van der Waals surface area contributed by atoms with E-state index in [0.29, 0.717) is 26.2 Å². The third kappa shape index (κ3) is 4.75. The maximum absolute atomic E-state index is 11.8. The Hall–Kier alpha value is -1.00. The maximum Gasteiger partial charge on any atom is 0.249 e. The van der Waals surface area contributed by atoms with Crippen LogP contribution in [0.3, 0.4) is 0 Å². The molecule has 21 heavy (non-hydrogen) atoms. The molecule has 0 radical (unpaired) electrons. The Bertz CT molecular complexity index is 579. The number of nitrogens with one attached hydrogen (secondary N) is 3. The topological polar surface area (TPSA) is 96.5 Å². The molecule has 1 aromatic rings. The lowest BCUT2D eigenvalue weighted by Gasteiger charge is -2.23. The normalized spacial score (nSPS) is 19.4. The third-order valence-corrected chi connectivity index (χ3v) is 6.05. The lowest BCUT2D eigenvalue weighted by Crippen LogP contribution is -2.44. The van der Waals surface area contributed by atoms with Crippen LogP contribution in [0.2, 0.25) is 0 Å². The van der Waals surface area contributed by atoms with Gasteiger partial charge in [0.05, 0.1) is 19.8 Å². The second-order valence-corrected chi connectivity index (χ2v) is 7.92. The van der Waals surface area contributed by atoms with Gasteiger partial charge in [0.15, 0.2) is 0 Å². The number of amides is 1. The van der Waals surface area contributed by atoms with E-state index >= 15 is 0 Å².